The zero-order valence-electron chi connectivity index (χ0n) is 15.3. The van der Waals surface area contributed by atoms with Gasteiger partial charge in [-0.15, -0.1) is 12.4 Å². The first kappa shape index (κ1) is 19.7. The lowest BCUT2D eigenvalue weighted by Crippen LogP contribution is -2.41. The largest absolute Gasteiger partial charge is 0.494 e. The van der Waals surface area contributed by atoms with E-state index >= 15 is 0 Å². The molecule has 1 aromatic rings. The number of piperidine rings is 1. The smallest absolute Gasteiger partial charge is 0.399 e. The summed E-state index contributed by atoms with van der Waals surface area (Å²) in [4.78, 5) is 2.26. The van der Waals surface area contributed by atoms with Crippen molar-refractivity contribution >= 4 is 25.0 Å². The van der Waals surface area contributed by atoms with Gasteiger partial charge in [0.2, 0.25) is 0 Å². The Morgan fingerprint density at radius 2 is 1.42 bits per heavy atom. The highest BCUT2D eigenvalue weighted by atomic mass is 35.5. The molecule has 0 radical (unpaired) electrons. The number of benzene rings is 1. The lowest BCUT2D eigenvalue weighted by molar-refractivity contribution is -0.0203. The van der Waals surface area contributed by atoms with E-state index in [1.807, 2.05) is 24.3 Å². The van der Waals surface area contributed by atoms with Crippen LogP contribution < -0.4 is 5.46 Å². The second-order valence-corrected chi connectivity index (χ2v) is 8.05. The minimum Gasteiger partial charge on any atom is -0.399 e. The molecule has 0 spiro atoms. The maximum atomic E-state index is 10.9. The molecule has 0 bridgehead atoms. The van der Waals surface area contributed by atoms with Gasteiger partial charge in [-0.3, -0.25) is 0 Å². The van der Waals surface area contributed by atoms with Crippen molar-refractivity contribution in [2.24, 2.45) is 0 Å². The van der Waals surface area contributed by atoms with Crippen LogP contribution in [0.15, 0.2) is 24.3 Å². The number of rotatable bonds is 2. The predicted molar refractivity (Wildman–Crippen MR) is 100 cm³/mol. The predicted octanol–water partition coefficient (Wildman–Crippen LogP) is 2.32. The molecule has 4 nitrogen and oxygen atoms in total. The van der Waals surface area contributed by atoms with Gasteiger partial charge in [-0.1, -0.05) is 24.3 Å². The van der Waals surface area contributed by atoms with E-state index in [4.69, 9.17) is 9.31 Å². The number of likely N-dealkylation sites (tertiary alicyclic amines) is 1. The molecule has 2 saturated heterocycles. The molecule has 6 heteroatoms. The fourth-order valence-electron chi connectivity index (χ4n) is 3.21. The van der Waals surface area contributed by atoms with Crippen LogP contribution in [0.1, 0.15) is 46.1 Å². The van der Waals surface area contributed by atoms with Gasteiger partial charge >= 0.3 is 7.12 Å². The monoisotopic (exact) mass is 353 g/mol. The molecule has 0 amide bonds. The van der Waals surface area contributed by atoms with E-state index in [0.29, 0.717) is 0 Å². The molecule has 0 aromatic heterocycles. The van der Waals surface area contributed by atoms with Gasteiger partial charge in [0, 0.05) is 13.1 Å². The Morgan fingerprint density at radius 1 is 0.958 bits per heavy atom. The molecule has 0 unspecified atom stereocenters. The van der Waals surface area contributed by atoms with E-state index in [2.05, 4.69) is 39.6 Å². The molecule has 2 aliphatic heterocycles. The van der Waals surface area contributed by atoms with E-state index in [1.165, 1.54) is 0 Å². The summed E-state index contributed by atoms with van der Waals surface area (Å²) in [6.07, 6.45) is 1.55. The van der Waals surface area contributed by atoms with Crippen LogP contribution >= 0.6 is 12.4 Å². The quantitative estimate of drug-likeness (QED) is 0.829. The van der Waals surface area contributed by atoms with Crippen molar-refractivity contribution in [1.29, 1.82) is 0 Å². The van der Waals surface area contributed by atoms with Gasteiger partial charge in [-0.2, -0.15) is 0 Å². The van der Waals surface area contributed by atoms with Crippen LogP contribution in [0, 0.1) is 0 Å². The van der Waals surface area contributed by atoms with Crippen molar-refractivity contribution in [3.63, 3.8) is 0 Å². The van der Waals surface area contributed by atoms with Gasteiger partial charge in [-0.05, 0) is 58.6 Å². The number of halogens is 1. The van der Waals surface area contributed by atoms with Crippen molar-refractivity contribution in [2.75, 3.05) is 20.1 Å². The van der Waals surface area contributed by atoms with Crippen LogP contribution in [-0.2, 0) is 14.9 Å². The Labute approximate surface area is 152 Å². The second-order valence-electron chi connectivity index (χ2n) is 8.05. The molecular formula is C18H29BClNO3. The van der Waals surface area contributed by atoms with Gasteiger partial charge in [0.05, 0.1) is 16.8 Å². The Morgan fingerprint density at radius 3 is 1.88 bits per heavy atom. The van der Waals surface area contributed by atoms with E-state index in [9.17, 15) is 5.11 Å². The zero-order valence-corrected chi connectivity index (χ0v) is 16.2. The number of nitrogens with zero attached hydrogens (tertiary/aromatic N) is 1. The fourth-order valence-corrected chi connectivity index (χ4v) is 3.21. The summed E-state index contributed by atoms with van der Waals surface area (Å²) in [5, 5.41) is 10.9. The Kier molecular flexibility index (Phi) is 5.44. The third kappa shape index (κ3) is 3.51. The zero-order chi connectivity index (χ0) is 16.9. The molecule has 3 rings (SSSR count). The van der Waals surface area contributed by atoms with Crippen molar-refractivity contribution in [1.82, 2.24) is 4.90 Å². The average molecular weight is 354 g/mol. The number of hydrogen-bond donors (Lipinski definition) is 1. The maximum absolute atomic E-state index is 10.9. The lowest BCUT2D eigenvalue weighted by Gasteiger charge is -2.37. The average Bonchev–Trinajstić information content (AvgIpc) is 2.71. The number of aliphatic hydroxyl groups is 1. The molecule has 2 aliphatic rings. The van der Waals surface area contributed by atoms with Crippen LogP contribution in [-0.4, -0.2) is 48.5 Å². The maximum Gasteiger partial charge on any atom is 0.494 e. The van der Waals surface area contributed by atoms with Gasteiger partial charge in [0.1, 0.15) is 0 Å². The molecule has 0 atom stereocenters. The van der Waals surface area contributed by atoms with Crippen molar-refractivity contribution in [3.05, 3.63) is 29.8 Å². The molecule has 1 aromatic carbocycles. The highest BCUT2D eigenvalue weighted by Crippen LogP contribution is 2.37. The van der Waals surface area contributed by atoms with Crippen LogP contribution in [0.2, 0.25) is 0 Å². The highest BCUT2D eigenvalue weighted by Gasteiger charge is 2.51. The third-order valence-electron chi connectivity index (χ3n) is 5.79. The summed E-state index contributed by atoms with van der Waals surface area (Å²) < 4.78 is 12.2. The van der Waals surface area contributed by atoms with E-state index in [1.54, 1.807) is 0 Å². The van der Waals surface area contributed by atoms with E-state index in [0.717, 1.165) is 37.0 Å². The summed E-state index contributed by atoms with van der Waals surface area (Å²) in [6, 6.07) is 8.08. The molecule has 2 heterocycles. The Hall–Kier alpha value is -0.585. The van der Waals surface area contributed by atoms with E-state index in [-0.39, 0.29) is 30.7 Å². The lowest BCUT2D eigenvalue weighted by atomic mass is 9.77. The summed E-state index contributed by atoms with van der Waals surface area (Å²) in [6.45, 7) is 10.1. The summed E-state index contributed by atoms with van der Waals surface area (Å²) in [5.74, 6) is 0. The highest BCUT2D eigenvalue weighted by molar-refractivity contribution is 6.62. The van der Waals surface area contributed by atoms with Crippen molar-refractivity contribution < 1.29 is 14.4 Å². The first-order valence-electron chi connectivity index (χ1n) is 8.50. The normalized spacial score (nSPS) is 25.3. The van der Waals surface area contributed by atoms with E-state index < -0.39 is 5.60 Å². The van der Waals surface area contributed by atoms with Crippen LogP contribution in [0.25, 0.3) is 0 Å². The fraction of sp³-hybridized carbons (Fsp3) is 0.667. The molecule has 134 valence electrons. The summed E-state index contributed by atoms with van der Waals surface area (Å²) in [7, 11) is 1.75. The second kappa shape index (κ2) is 6.62. The van der Waals surface area contributed by atoms with Gasteiger partial charge < -0.3 is 19.3 Å². The molecular weight excluding hydrogens is 324 g/mol. The Balaban J connectivity index is 0.00000208. The molecule has 2 fully saturated rings. The first-order valence-corrected chi connectivity index (χ1v) is 8.50. The molecule has 0 aliphatic carbocycles. The van der Waals surface area contributed by atoms with Crippen LogP contribution in [0.3, 0.4) is 0 Å². The van der Waals surface area contributed by atoms with Gasteiger partial charge in [0.15, 0.2) is 0 Å². The van der Waals surface area contributed by atoms with Crippen LogP contribution in [0.5, 0.6) is 0 Å². The van der Waals surface area contributed by atoms with Gasteiger partial charge in [-0.25, -0.2) is 0 Å². The topological polar surface area (TPSA) is 41.9 Å². The first-order chi connectivity index (χ1) is 10.6. The minimum atomic E-state index is -0.707. The standard InChI is InChI=1S/C18H28BNO3.ClH/c1-16(2)17(3,4)23-19(22-16)15-8-6-14(7-9-15)18(21)10-12-20(5)13-11-18;/h6-9,21H,10-13H2,1-5H3;1H. The van der Waals surface area contributed by atoms with Crippen molar-refractivity contribution in [2.45, 2.75) is 57.3 Å². The Bertz CT molecular complexity index is 552. The molecule has 1 N–H and O–H groups in total. The molecule has 24 heavy (non-hydrogen) atoms. The SMILES string of the molecule is CN1CCC(O)(c2ccc(B3OC(C)(C)C(C)(C)O3)cc2)CC1.Cl. The molecule has 0 saturated carbocycles. The summed E-state index contributed by atoms with van der Waals surface area (Å²) >= 11 is 0. The minimum absolute atomic E-state index is 0. The summed E-state index contributed by atoms with van der Waals surface area (Å²) in [5.41, 5.74) is 0.626. The third-order valence-corrected chi connectivity index (χ3v) is 5.79. The number of hydrogen-bond acceptors (Lipinski definition) is 4. The van der Waals surface area contributed by atoms with Gasteiger partial charge in [0.25, 0.3) is 0 Å². The van der Waals surface area contributed by atoms with Crippen LogP contribution in [0.4, 0.5) is 0 Å². The van der Waals surface area contributed by atoms with Crippen molar-refractivity contribution in [3.8, 4) is 0 Å².